The number of carbonyl (C=O) groups is 2. The van der Waals surface area contributed by atoms with Crippen LogP contribution < -0.4 is 5.32 Å². The maximum atomic E-state index is 12.0. The Balaban J connectivity index is 1.78. The topological polar surface area (TPSA) is 55.4 Å². The van der Waals surface area contributed by atoms with E-state index in [9.17, 15) is 9.59 Å². The third-order valence-corrected chi connectivity index (χ3v) is 4.79. The molecule has 0 heterocycles. The molecule has 4 nitrogen and oxygen atoms in total. The van der Waals surface area contributed by atoms with E-state index in [1.54, 1.807) is 19.1 Å². The fourth-order valence-electron chi connectivity index (χ4n) is 2.15. The van der Waals surface area contributed by atoms with Gasteiger partial charge in [-0.15, -0.1) is 11.8 Å². The van der Waals surface area contributed by atoms with Crippen LogP contribution in [0.3, 0.4) is 0 Å². The zero-order chi connectivity index (χ0) is 18.2. The number of benzene rings is 2. The van der Waals surface area contributed by atoms with Crippen LogP contribution in [0.5, 0.6) is 0 Å². The SMILES string of the molecule is C[C@H](Sc1ccccc1)C(=O)OCC(=O)N[C@@H](C)c1cccc(Cl)c1. The van der Waals surface area contributed by atoms with Gasteiger partial charge in [0, 0.05) is 9.92 Å². The molecule has 2 atom stereocenters. The van der Waals surface area contributed by atoms with Crippen LogP contribution in [0, 0.1) is 0 Å². The Bertz CT molecular complexity index is 724. The van der Waals surface area contributed by atoms with Gasteiger partial charge in [0.15, 0.2) is 6.61 Å². The Morgan fingerprint density at radius 1 is 1.12 bits per heavy atom. The van der Waals surface area contributed by atoms with Gasteiger partial charge in [-0.25, -0.2) is 0 Å². The average Bonchev–Trinajstić information content (AvgIpc) is 2.60. The number of amides is 1. The van der Waals surface area contributed by atoms with Crippen molar-refractivity contribution in [3.8, 4) is 0 Å². The van der Waals surface area contributed by atoms with Crippen LogP contribution in [0.4, 0.5) is 0 Å². The van der Waals surface area contributed by atoms with Gasteiger partial charge in [-0.3, -0.25) is 9.59 Å². The highest BCUT2D eigenvalue weighted by molar-refractivity contribution is 8.00. The minimum absolute atomic E-state index is 0.221. The zero-order valence-corrected chi connectivity index (χ0v) is 15.6. The second kappa shape index (κ2) is 9.49. The van der Waals surface area contributed by atoms with Crippen LogP contribution in [0.1, 0.15) is 25.5 Å². The standard InChI is InChI=1S/C19H20ClNO3S/c1-13(15-7-6-8-16(20)11-15)21-18(22)12-24-19(23)14(2)25-17-9-4-3-5-10-17/h3-11,13-14H,12H2,1-2H3,(H,21,22)/t13-,14-/m0/s1. The highest BCUT2D eigenvalue weighted by Crippen LogP contribution is 2.23. The number of hydrogen-bond acceptors (Lipinski definition) is 4. The van der Waals surface area contributed by atoms with Gasteiger partial charge in [-0.1, -0.05) is 41.9 Å². The summed E-state index contributed by atoms with van der Waals surface area (Å²) in [7, 11) is 0. The summed E-state index contributed by atoms with van der Waals surface area (Å²) in [5.41, 5.74) is 0.889. The quantitative estimate of drug-likeness (QED) is 0.579. The third kappa shape index (κ3) is 6.44. The van der Waals surface area contributed by atoms with Gasteiger partial charge in [-0.2, -0.15) is 0 Å². The third-order valence-electron chi connectivity index (χ3n) is 3.46. The van der Waals surface area contributed by atoms with Crippen molar-refractivity contribution in [2.75, 3.05) is 6.61 Å². The van der Waals surface area contributed by atoms with E-state index in [0.717, 1.165) is 10.5 Å². The molecule has 0 aliphatic rings. The molecule has 132 valence electrons. The van der Waals surface area contributed by atoms with Crippen molar-refractivity contribution in [2.45, 2.75) is 30.0 Å². The lowest BCUT2D eigenvalue weighted by Crippen LogP contribution is -2.32. The molecule has 0 aliphatic carbocycles. The number of halogens is 1. The molecule has 2 aromatic carbocycles. The summed E-state index contributed by atoms with van der Waals surface area (Å²) in [5, 5.41) is 3.01. The largest absolute Gasteiger partial charge is 0.455 e. The molecule has 0 aliphatic heterocycles. The molecular weight excluding hydrogens is 358 g/mol. The van der Waals surface area contributed by atoms with Gasteiger partial charge in [0.25, 0.3) is 5.91 Å². The first-order valence-electron chi connectivity index (χ1n) is 7.89. The molecule has 25 heavy (non-hydrogen) atoms. The predicted octanol–water partition coefficient (Wildman–Crippen LogP) is 4.24. The van der Waals surface area contributed by atoms with Crippen molar-refractivity contribution in [1.82, 2.24) is 5.32 Å². The Morgan fingerprint density at radius 2 is 1.84 bits per heavy atom. The molecule has 0 spiro atoms. The predicted molar refractivity (Wildman–Crippen MR) is 101 cm³/mol. The van der Waals surface area contributed by atoms with Crippen molar-refractivity contribution >= 4 is 35.2 Å². The molecule has 0 radical (unpaired) electrons. The normalized spacial score (nSPS) is 12.9. The van der Waals surface area contributed by atoms with E-state index in [4.69, 9.17) is 16.3 Å². The molecule has 2 rings (SSSR count). The van der Waals surface area contributed by atoms with Gasteiger partial charge in [-0.05, 0) is 43.7 Å². The minimum Gasteiger partial charge on any atom is -0.455 e. The van der Waals surface area contributed by atoms with Gasteiger partial charge >= 0.3 is 5.97 Å². The number of thioether (sulfide) groups is 1. The number of nitrogens with one attached hydrogen (secondary N) is 1. The Labute approximate surface area is 156 Å². The van der Waals surface area contributed by atoms with Gasteiger partial charge in [0.05, 0.1) is 6.04 Å². The molecular formula is C19H20ClNO3S. The summed E-state index contributed by atoms with van der Waals surface area (Å²) in [6.45, 7) is 3.30. The average molecular weight is 378 g/mol. The van der Waals surface area contributed by atoms with E-state index in [1.807, 2.05) is 49.4 Å². The molecule has 0 saturated heterocycles. The molecule has 0 unspecified atom stereocenters. The summed E-state index contributed by atoms with van der Waals surface area (Å²) in [5.74, 6) is -0.767. The van der Waals surface area contributed by atoms with Crippen molar-refractivity contribution in [3.63, 3.8) is 0 Å². The van der Waals surface area contributed by atoms with E-state index in [0.29, 0.717) is 5.02 Å². The lowest BCUT2D eigenvalue weighted by Gasteiger charge is -2.15. The monoisotopic (exact) mass is 377 g/mol. The number of rotatable bonds is 7. The van der Waals surface area contributed by atoms with Crippen LogP contribution in [0.25, 0.3) is 0 Å². The first-order chi connectivity index (χ1) is 12.0. The van der Waals surface area contributed by atoms with Crippen LogP contribution >= 0.6 is 23.4 Å². The summed E-state index contributed by atoms with van der Waals surface area (Å²) in [4.78, 5) is 25.0. The highest BCUT2D eigenvalue weighted by Gasteiger charge is 2.18. The lowest BCUT2D eigenvalue weighted by atomic mass is 10.1. The molecule has 0 aromatic heterocycles. The molecule has 0 bridgehead atoms. The van der Waals surface area contributed by atoms with Gasteiger partial charge in [0.2, 0.25) is 0 Å². The van der Waals surface area contributed by atoms with Crippen molar-refractivity contribution in [3.05, 3.63) is 65.2 Å². The molecule has 0 fully saturated rings. The van der Waals surface area contributed by atoms with Gasteiger partial charge in [0.1, 0.15) is 5.25 Å². The van der Waals surface area contributed by atoms with Crippen LogP contribution in [0.2, 0.25) is 5.02 Å². The second-order valence-corrected chi connectivity index (χ2v) is 7.38. The lowest BCUT2D eigenvalue weighted by molar-refractivity contribution is -0.147. The Kier molecular flexibility index (Phi) is 7.34. The minimum atomic E-state index is -0.417. The number of esters is 1. The van der Waals surface area contributed by atoms with E-state index < -0.39 is 5.97 Å². The maximum Gasteiger partial charge on any atom is 0.319 e. The summed E-state index contributed by atoms with van der Waals surface area (Å²) >= 11 is 7.34. The fourth-order valence-corrected chi connectivity index (χ4v) is 3.23. The second-order valence-electron chi connectivity index (χ2n) is 5.53. The maximum absolute atomic E-state index is 12.0. The Hall–Kier alpha value is -1.98. The molecule has 0 saturated carbocycles. The van der Waals surface area contributed by atoms with Crippen molar-refractivity contribution < 1.29 is 14.3 Å². The summed E-state index contributed by atoms with van der Waals surface area (Å²) < 4.78 is 5.10. The van der Waals surface area contributed by atoms with Crippen molar-refractivity contribution in [2.24, 2.45) is 0 Å². The van der Waals surface area contributed by atoms with E-state index in [2.05, 4.69) is 5.32 Å². The summed E-state index contributed by atoms with van der Waals surface area (Å²) in [6, 6.07) is 16.6. The van der Waals surface area contributed by atoms with E-state index in [1.165, 1.54) is 11.8 Å². The molecule has 2 aromatic rings. The molecule has 6 heteroatoms. The smallest absolute Gasteiger partial charge is 0.319 e. The summed E-state index contributed by atoms with van der Waals surface area (Å²) in [6.07, 6.45) is 0. The highest BCUT2D eigenvalue weighted by atomic mass is 35.5. The number of hydrogen-bond donors (Lipinski definition) is 1. The van der Waals surface area contributed by atoms with Crippen LogP contribution in [-0.2, 0) is 14.3 Å². The van der Waals surface area contributed by atoms with Crippen molar-refractivity contribution in [1.29, 1.82) is 0 Å². The Morgan fingerprint density at radius 3 is 2.52 bits per heavy atom. The first kappa shape index (κ1) is 19.3. The molecule has 1 N–H and O–H groups in total. The fraction of sp³-hybridized carbons (Fsp3) is 0.263. The zero-order valence-electron chi connectivity index (χ0n) is 14.1. The van der Waals surface area contributed by atoms with Gasteiger partial charge < -0.3 is 10.1 Å². The molecule has 1 amide bonds. The van der Waals surface area contributed by atoms with E-state index in [-0.39, 0.29) is 23.8 Å². The van der Waals surface area contributed by atoms with E-state index >= 15 is 0 Å². The first-order valence-corrected chi connectivity index (χ1v) is 9.14. The number of ether oxygens (including phenoxy) is 1. The van der Waals surface area contributed by atoms with Crippen LogP contribution in [-0.4, -0.2) is 23.7 Å². The van der Waals surface area contributed by atoms with Crippen LogP contribution in [0.15, 0.2) is 59.5 Å². The number of carbonyl (C=O) groups excluding carboxylic acids is 2.